The Morgan fingerprint density at radius 1 is 0.914 bits per heavy atom. The highest BCUT2D eigenvalue weighted by molar-refractivity contribution is 7.17. The van der Waals surface area contributed by atoms with Crippen molar-refractivity contribution in [2.45, 2.75) is 39.5 Å². The van der Waals surface area contributed by atoms with Crippen LogP contribution >= 0.6 is 11.3 Å². The Kier molecular flexibility index (Phi) is 8.70. The lowest BCUT2D eigenvalue weighted by Gasteiger charge is -2.33. The lowest BCUT2D eigenvalue weighted by Crippen LogP contribution is -2.51. The zero-order chi connectivity index (χ0) is 24.8. The SMILES string of the molecule is CC(C)CNC(=O)CN1CCN(CC(=O)Nc2sc3c(c2C(=O)c2ccccc2)CCCC3)CC1. The third kappa shape index (κ3) is 6.78. The molecule has 2 aromatic rings. The molecule has 188 valence electrons. The number of piperazine rings is 1. The van der Waals surface area contributed by atoms with E-state index < -0.39 is 0 Å². The van der Waals surface area contributed by atoms with Crippen molar-refractivity contribution < 1.29 is 14.4 Å². The molecule has 2 N–H and O–H groups in total. The number of aryl methyl sites for hydroxylation is 1. The molecule has 1 aromatic carbocycles. The number of hydrogen-bond acceptors (Lipinski definition) is 6. The van der Waals surface area contributed by atoms with Crippen LogP contribution in [0.15, 0.2) is 30.3 Å². The molecular formula is C27H36N4O3S. The van der Waals surface area contributed by atoms with Crippen molar-refractivity contribution in [2.75, 3.05) is 51.1 Å². The number of nitrogens with zero attached hydrogens (tertiary/aromatic N) is 2. The normalized spacial score (nSPS) is 16.7. The molecule has 0 bridgehead atoms. The van der Waals surface area contributed by atoms with Crippen molar-refractivity contribution in [3.05, 3.63) is 51.9 Å². The number of anilines is 1. The van der Waals surface area contributed by atoms with Crippen LogP contribution in [0.5, 0.6) is 0 Å². The Morgan fingerprint density at radius 2 is 1.54 bits per heavy atom. The standard InChI is InChI=1S/C27H36N4O3S/c1-19(2)16-28-23(32)17-30-12-14-31(15-13-30)18-24(33)29-27-25(21-10-6-7-11-22(21)35-27)26(34)20-8-4-3-5-9-20/h3-5,8-9,19H,6-7,10-18H2,1-2H3,(H,28,32)(H,29,33). The van der Waals surface area contributed by atoms with Crippen molar-refractivity contribution in [1.82, 2.24) is 15.1 Å². The van der Waals surface area contributed by atoms with Gasteiger partial charge in [-0.3, -0.25) is 24.2 Å². The van der Waals surface area contributed by atoms with Crippen molar-refractivity contribution in [3.8, 4) is 0 Å². The van der Waals surface area contributed by atoms with E-state index in [2.05, 4.69) is 34.3 Å². The third-order valence-electron chi connectivity index (χ3n) is 6.59. The van der Waals surface area contributed by atoms with Crippen LogP contribution in [0.1, 0.15) is 53.1 Å². The van der Waals surface area contributed by atoms with Crippen LogP contribution in [0.3, 0.4) is 0 Å². The Balaban J connectivity index is 1.35. The summed E-state index contributed by atoms with van der Waals surface area (Å²) in [5.74, 6) is 0.396. The van der Waals surface area contributed by atoms with Gasteiger partial charge in [-0.15, -0.1) is 11.3 Å². The van der Waals surface area contributed by atoms with E-state index in [9.17, 15) is 14.4 Å². The first-order chi connectivity index (χ1) is 16.9. The van der Waals surface area contributed by atoms with Crippen molar-refractivity contribution in [1.29, 1.82) is 0 Å². The smallest absolute Gasteiger partial charge is 0.239 e. The maximum absolute atomic E-state index is 13.4. The Labute approximate surface area is 211 Å². The van der Waals surface area contributed by atoms with Crippen molar-refractivity contribution >= 4 is 33.9 Å². The van der Waals surface area contributed by atoms with Crippen LogP contribution < -0.4 is 10.6 Å². The molecule has 1 aliphatic heterocycles. The van der Waals surface area contributed by atoms with E-state index in [1.165, 1.54) is 4.88 Å². The number of thiophene rings is 1. The fourth-order valence-electron chi connectivity index (χ4n) is 4.68. The Hall–Kier alpha value is -2.55. The first-order valence-electron chi connectivity index (χ1n) is 12.7. The fraction of sp³-hybridized carbons (Fsp3) is 0.519. The van der Waals surface area contributed by atoms with E-state index in [0.717, 1.165) is 57.4 Å². The van der Waals surface area contributed by atoms with Gasteiger partial charge in [0.2, 0.25) is 11.8 Å². The number of fused-ring (bicyclic) bond motifs is 1. The lowest BCUT2D eigenvalue weighted by atomic mass is 9.92. The second-order valence-electron chi connectivity index (χ2n) is 9.91. The summed E-state index contributed by atoms with van der Waals surface area (Å²) >= 11 is 1.57. The van der Waals surface area contributed by atoms with Gasteiger partial charge in [0.05, 0.1) is 18.7 Å². The van der Waals surface area contributed by atoms with Crippen LogP contribution in [0.25, 0.3) is 0 Å². The van der Waals surface area contributed by atoms with E-state index in [-0.39, 0.29) is 24.1 Å². The maximum Gasteiger partial charge on any atom is 0.239 e. The highest BCUT2D eigenvalue weighted by atomic mass is 32.1. The number of nitrogens with one attached hydrogen (secondary N) is 2. The Morgan fingerprint density at radius 3 is 2.20 bits per heavy atom. The first kappa shape index (κ1) is 25.5. The zero-order valence-electron chi connectivity index (χ0n) is 20.8. The maximum atomic E-state index is 13.4. The molecule has 0 saturated carbocycles. The molecule has 7 nitrogen and oxygen atoms in total. The summed E-state index contributed by atoms with van der Waals surface area (Å²) in [5, 5.41) is 6.73. The average Bonchev–Trinajstić information content (AvgIpc) is 3.21. The molecule has 2 aliphatic rings. The van der Waals surface area contributed by atoms with Crippen molar-refractivity contribution in [3.63, 3.8) is 0 Å². The number of hydrogen-bond donors (Lipinski definition) is 2. The quantitative estimate of drug-likeness (QED) is 0.521. The van der Waals surface area contributed by atoms with Gasteiger partial charge >= 0.3 is 0 Å². The largest absolute Gasteiger partial charge is 0.355 e. The van der Waals surface area contributed by atoms with Gasteiger partial charge in [0, 0.05) is 43.2 Å². The van der Waals surface area contributed by atoms with Gasteiger partial charge in [0.25, 0.3) is 0 Å². The predicted molar refractivity (Wildman–Crippen MR) is 140 cm³/mol. The highest BCUT2D eigenvalue weighted by Gasteiger charge is 2.28. The molecule has 2 heterocycles. The van der Waals surface area contributed by atoms with Gasteiger partial charge in [0.15, 0.2) is 5.78 Å². The van der Waals surface area contributed by atoms with E-state index in [1.807, 2.05) is 30.3 Å². The molecular weight excluding hydrogens is 460 g/mol. The highest BCUT2D eigenvalue weighted by Crippen LogP contribution is 2.39. The molecule has 0 spiro atoms. The minimum atomic E-state index is -0.0890. The number of rotatable bonds is 9. The second kappa shape index (κ2) is 11.9. The minimum Gasteiger partial charge on any atom is -0.355 e. The molecule has 1 fully saturated rings. The van der Waals surface area contributed by atoms with E-state index in [1.54, 1.807) is 11.3 Å². The molecule has 8 heteroatoms. The first-order valence-corrected chi connectivity index (χ1v) is 13.5. The summed E-state index contributed by atoms with van der Waals surface area (Å²) in [5.41, 5.74) is 2.46. The number of carbonyl (C=O) groups excluding carboxylic acids is 3. The van der Waals surface area contributed by atoms with E-state index in [0.29, 0.717) is 35.1 Å². The molecule has 1 aliphatic carbocycles. The van der Waals surface area contributed by atoms with Crippen LogP contribution in [0.4, 0.5) is 5.00 Å². The molecule has 1 saturated heterocycles. The van der Waals surface area contributed by atoms with E-state index >= 15 is 0 Å². The van der Waals surface area contributed by atoms with E-state index in [4.69, 9.17) is 0 Å². The molecule has 0 radical (unpaired) electrons. The van der Waals surface area contributed by atoms with Gasteiger partial charge in [0.1, 0.15) is 5.00 Å². The topological polar surface area (TPSA) is 81.8 Å². The summed E-state index contributed by atoms with van der Waals surface area (Å²) in [6.07, 6.45) is 4.06. The van der Waals surface area contributed by atoms with Gasteiger partial charge in [-0.25, -0.2) is 0 Å². The lowest BCUT2D eigenvalue weighted by molar-refractivity contribution is -0.123. The monoisotopic (exact) mass is 496 g/mol. The molecule has 1 aromatic heterocycles. The van der Waals surface area contributed by atoms with Crippen molar-refractivity contribution in [2.24, 2.45) is 5.92 Å². The third-order valence-corrected chi connectivity index (χ3v) is 7.80. The minimum absolute atomic E-state index is 0.00958. The molecule has 35 heavy (non-hydrogen) atoms. The van der Waals surface area contributed by atoms with Crippen LogP contribution in [0, 0.1) is 5.92 Å². The molecule has 0 unspecified atom stereocenters. The molecule has 0 atom stereocenters. The summed E-state index contributed by atoms with van der Waals surface area (Å²) in [6.45, 7) is 8.53. The summed E-state index contributed by atoms with van der Waals surface area (Å²) in [7, 11) is 0. The molecule has 4 rings (SSSR count). The van der Waals surface area contributed by atoms with Gasteiger partial charge in [-0.05, 0) is 37.2 Å². The summed E-state index contributed by atoms with van der Waals surface area (Å²) in [4.78, 5) is 43.9. The second-order valence-corrected chi connectivity index (χ2v) is 11.0. The van der Waals surface area contributed by atoms with Gasteiger partial charge in [-0.2, -0.15) is 0 Å². The number of carbonyl (C=O) groups is 3. The predicted octanol–water partition coefficient (Wildman–Crippen LogP) is 3.19. The van der Waals surface area contributed by atoms with Gasteiger partial charge in [-0.1, -0.05) is 44.2 Å². The fourth-order valence-corrected chi connectivity index (χ4v) is 5.98. The van der Waals surface area contributed by atoms with Crippen LogP contribution in [-0.2, 0) is 22.4 Å². The summed E-state index contributed by atoms with van der Waals surface area (Å²) < 4.78 is 0. The number of amides is 2. The zero-order valence-corrected chi connectivity index (χ0v) is 21.6. The molecule has 2 amide bonds. The van der Waals surface area contributed by atoms with Crippen LogP contribution in [0.2, 0.25) is 0 Å². The van der Waals surface area contributed by atoms with Gasteiger partial charge < -0.3 is 10.6 Å². The number of ketones is 1. The average molecular weight is 497 g/mol. The Bertz CT molecular complexity index is 1040. The summed E-state index contributed by atoms with van der Waals surface area (Å²) in [6, 6.07) is 9.32. The number of benzene rings is 1. The van der Waals surface area contributed by atoms with Crippen LogP contribution in [-0.4, -0.2) is 73.2 Å².